The van der Waals surface area contributed by atoms with Gasteiger partial charge in [-0.15, -0.1) is 0 Å². The molecule has 18 heavy (non-hydrogen) atoms. The van der Waals surface area contributed by atoms with E-state index in [0.29, 0.717) is 0 Å². The van der Waals surface area contributed by atoms with E-state index in [2.05, 4.69) is 0 Å². The summed E-state index contributed by atoms with van der Waals surface area (Å²) in [6, 6.07) is 2.22. The average Bonchev–Trinajstić information content (AvgIpc) is 2.24. The fourth-order valence-electron chi connectivity index (χ4n) is 2.02. The lowest BCUT2D eigenvalue weighted by Crippen LogP contribution is -2.51. The SMILES string of the molecule is CC1(C)Oc2ccc(C(F)(F)F)cc2C(N)C1O. The lowest BCUT2D eigenvalue weighted by Gasteiger charge is -2.40. The number of aliphatic hydroxyl groups excluding tert-OH is 1. The zero-order valence-corrected chi connectivity index (χ0v) is 9.95. The van der Waals surface area contributed by atoms with E-state index in [1.165, 1.54) is 6.07 Å². The van der Waals surface area contributed by atoms with Gasteiger partial charge in [-0.1, -0.05) is 0 Å². The minimum atomic E-state index is -4.44. The molecule has 0 radical (unpaired) electrons. The molecule has 1 aromatic carbocycles. The maximum atomic E-state index is 12.6. The Morgan fingerprint density at radius 3 is 2.50 bits per heavy atom. The number of hydrogen-bond acceptors (Lipinski definition) is 3. The maximum absolute atomic E-state index is 12.6. The van der Waals surface area contributed by atoms with Crippen molar-refractivity contribution in [1.29, 1.82) is 0 Å². The molecule has 0 bridgehead atoms. The summed E-state index contributed by atoms with van der Waals surface area (Å²) in [5.41, 5.74) is 4.23. The van der Waals surface area contributed by atoms with Gasteiger partial charge in [0.2, 0.25) is 0 Å². The van der Waals surface area contributed by atoms with Crippen LogP contribution in [0.2, 0.25) is 0 Å². The zero-order chi connectivity index (χ0) is 13.7. The van der Waals surface area contributed by atoms with Gasteiger partial charge in [-0.25, -0.2) is 0 Å². The molecule has 3 nitrogen and oxygen atoms in total. The van der Waals surface area contributed by atoms with Crippen LogP contribution in [0.5, 0.6) is 5.75 Å². The lowest BCUT2D eigenvalue weighted by atomic mass is 9.86. The number of benzene rings is 1. The molecule has 0 spiro atoms. The second-order valence-electron chi connectivity index (χ2n) is 4.93. The van der Waals surface area contributed by atoms with Gasteiger partial charge in [-0.3, -0.25) is 0 Å². The summed E-state index contributed by atoms with van der Waals surface area (Å²) in [5.74, 6) is 0.283. The number of hydrogen-bond donors (Lipinski definition) is 2. The van der Waals surface area contributed by atoms with Gasteiger partial charge >= 0.3 is 6.18 Å². The predicted octanol–water partition coefficient (Wildman–Crippen LogP) is 2.24. The Morgan fingerprint density at radius 1 is 1.33 bits per heavy atom. The van der Waals surface area contributed by atoms with E-state index in [4.69, 9.17) is 10.5 Å². The molecule has 2 atom stereocenters. The third-order valence-electron chi connectivity index (χ3n) is 3.12. The first-order valence-corrected chi connectivity index (χ1v) is 5.47. The molecule has 3 N–H and O–H groups in total. The van der Waals surface area contributed by atoms with Gasteiger partial charge in [-0.2, -0.15) is 13.2 Å². The Morgan fingerprint density at radius 2 is 1.94 bits per heavy atom. The van der Waals surface area contributed by atoms with Crippen molar-refractivity contribution in [3.8, 4) is 5.75 Å². The van der Waals surface area contributed by atoms with E-state index in [-0.39, 0.29) is 11.3 Å². The van der Waals surface area contributed by atoms with Crippen LogP contribution in [0, 0.1) is 0 Å². The van der Waals surface area contributed by atoms with Crippen molar-refractivity contribution in [2.75, 3.05) is 0 Å². The smallest absolute Gasteiger partial charge is 0.416 e. The molecule has 100 valence electrons. The van der Waals surface area contributed by atoms with Crippen LogP contribution in [-0.2, 0) is 6.18 Å². The molecule has 6 heteroatoms. The summed E-state index contributed by atoms with van der Waals surface area (Å²) in [6.07, 6.45) is -5.50. The first-order valence-electron chi connectivity index (χ1n) is 5.47. The van der Waals surface area contributed by atoms with Gasteiger partial charge < -0.3 is 15.6 Å². The zero-order valence-electron chi connectivity index (χ0n) is 9.95. The number of aliphatic hydroxyl groups is 1. The third kappa shape index (κ3) is 2.06. The van der Waals surface area contributed by atoms with Crippen LogP contribution in [0.1, 0.15) is 31.0 Å². The van der Waals surface area contributed by atoms with Gasteiger partial charge in [0.25, 0.3) is 0 Å². The number of fused-ring (bicyclic) bond motifs is 1. The summed E-state index contributed by atoms with van der Waals surface area (Å²) < 4.78 is 43.2. The number of halogens is 3. The second-order valence-corrected chi connectivity index (χ2v) is 4.93. The normalized spacial score (nSPS) is 26.4. The van der Waals surface area contributed by atoms with E-state index >= 15 is 0 Å². The van der Waals surface area contributed by atoms with Crippen LogP contribution in [0.4, 0.5) is 13.2 Å². The van der Waals surface area contributed by atoms with Crippen molar-refractivity contribution in [2.45, 2.75) is 37.8 Å². The minimum Gasteiger partial charge on any atom is -0.485 e. The molecule has 1 heterocycles. The molecular formula is C12H14F3NO2. The Labute approximate surface area is 102 Å². The fourth-order valence-corrected chi connectivity index (χ4v) is 2.02. The topological polar surface area (TPSA) is 55.5 Å². The van der Waals surface area contributed by atoms with Crippen LogP contribution in [0.25, 0.3) is 0 Å². The van der Waals surface area contributed by atoms with Crippen LogP contribution in [0.3, 0.4) is 0 Å². The lowest BCUT2D eigenvalue weighted by molar-refractivity contribution is -0.137. The molecule has 0 saturated carbocycles. The first-order chi connectivity index (χ1) is 8.13. The molecule has 0 aliphatic carbocycles. The van der Waals surface area contributed by atoms with Crippen molar-refractivity contribution in [3.05, 3.63) is 29.3 Å². The molecule has 2 rings (SSSR count). The number of ether oxygens (including phenoxy) is 1. The van der Waals surface area contributed by atoms with E-state index in [0.717, 1.165) is 12.1 Å². The molecule has 1 aliphatic rings. The van der Waals surface area contributed by atoms with Crippen molar-refractivity contribution in [1.82, 2.24) is 0 Å². The van der Waals surface area contributed by atoms with Gasteiger partial charge in [-0.05, 0) is 32.0 Å². The maximum Gasteiger partial charge on any atom is 0.416 e. The summed E-state index contributed by atoms with van der Waals surface area (Å²) in [5, 5.41) is 9.91. The highest BCUT2D eigenvalue weighted by atomic mass is 19.4. The molecule has 0 aromatic heterocycles. The van der Waals surface area contributed by atoms with Crippen molar-refractivity contribution >= 4 is 0 Å². The van der Waals surface area contributed by atoms with E-state index in [9.17, 15) is 18.3 Å². The Hall–Kier alpha value is -1.27. The summed E-state index contributed by atoms with van der Waals surface area (Å²) in [6.45, 7) is 3.27. The molecule has 1 aromatic rings. The molecular weight excluding hydrogens is 247 g/mol. The monoisotopic (exact) mass is 261 g/mol. The highest BCUT2D eigenvalue weighted by Crippen LogP contribution is 2.41. The standard InChI is InChI=1S/C12H14F3NO2/c1-11(2)10(17)9(16)7-5-6(12(13,14)15)3-4-8(7)18-11/h3-5,9-10,17H,16H2,1-2H3. The molecule has 0 fully saturated rings. The number of rotatable bonds is 0. The molecule has 0 saturated heterocycles. The molecule has 2 unspecified atom stereocenters. The van der Waals surface area contributed by atoms with Crippen LogP contribution in [-0.4, -0.2) is 16.8 Å². The minimum absolute atomic E-state index is 0.177. The van der Waals surface area contributed by atoms with E-state index in [1.54, 1.807) is 13.8 Å². The first kappa shape index (κ1) is 13.2. The Kier molecular flexibility index (Phi) is 2.82. The van der Waals surface area contributed by atoms with Gasteiger partial charge in [0.05, 0.1) is 11.6 Å². The van der Waals surface area contributed by atoms with E-state index in [1.807, 2.05) is 0 Å². The van der Waals surface area contributed by atoms with Crippen molar-refractivity contribution in [2.24, 2.45) is 5.73 Å². The largest absolute Gasteiger partial charge is 0.485 e. The summed E-state index contributed by atoms with van der Waals surface area (Å²) >= 11 is 0. The summed E-state index contributed by atoms with van der Waals surface area (Å²) in [7, 11) is 0. The van der Waals surface area contributed by atoms with Crippen LogP contribution >= 0.6 is 0 Å². The number of nitrogens with two attached hydrogens (primary N) is 1. The fraction of sp³-hybridized carbons (Fsp3) is 0.500. The van der Waals surface area contributed by atoms with Crippen molar-refractivity contribution < 1.29 is 23.0 Å². The number of alkyl halides is 3. The van der Waals surface area contributed by atoms with Gasteiger partial charge in [0, 0.05) is 5.56 Å². The molecule has 0 amide bonds. The highest BCUT2D eigenvalue weighted by molar-refractivity contribution is 5.43. The quantitative estimate of drug-likeness (QED) is 0.753. The average molecular weight is 261 g/mol. The van der Waals surface area contributed by atoms with Crippen LogP contribution < -0.4 is 10.5 Å². The highest BCUT2D eigenvalue weighted by Gasteiger charge is 2.42. The van der Waals surface area contributed by atoms with E-state index < -0.39 is 29.5 Å². The Bertz CT molecular complexity index is 471. The summed E-state index contributed by atoms with van der Waals surface area (Å²) in [4.78, 5) is 0. The predicted molar refractivity (Wildman–Crippen MR) is 59.1 cm³/mol. The van der Waals surface area contributed by atoms with Crippen molar-refractivity contribution in [3.63, 3.8) is 0 Å². The molecule has 1 aliphatic heterocycles. The Balaban J connectivity index is 2.49. The van der Waals surface area contributed by atoms with Crippen LogP contribution in [0.15, 0.2) is 18.2 Å². The second kappa shape index (κ2) is 3.86. The van der Waals surface area contributed by atoms with Gasteiger partial charge in [0.1, 0.15) is 17.5 Å². The van der Waals surface area contributed by atoms with Gasteiger partial charge in [0.15, 0.2) is 0 Å². The third-order valence-corrected chi connectivity index (χ3v) is 3.12.